The number of ether oxygens (including phenoxy) is 2. The van der Waals surface area contributed by atoms with E-state index < -0.39 is 0 Å². The number of carbonyl (C=O) groups is 2. The Bertz CT molecular complexity index is 355. The third-order valence-electron chi connectivity index (χ3n) is 5.03. The van der Waals surface area contributed by atoms with Gasteiger partial charge in [0.2, 0.25) is 0 Å². The highest BCUT2D eigenvalue weighted by Crippen LogP contribution is 2.11. The normalized spacial score (nSPS) is 10.8. The standard InChI is InChI=1S/C24H46O4/c1-3-5-7-8-9-12-15-18-22-28-24(26)20-17-14-11-10-13-16-19-23(25)27-21-6-4-2/h3-22H2,1-2H3. The third kappa shape index (κ3) is 21.2. The lowest BCUT2D eigenvalue weighted by Crippen LogP contribution is -2.05. The molecule has 0 aliphatic rings. The van der Waals surface area contributed by atoms with Gasteiger partial charge in [-0.25, -0.2) is 0 Å². The second-order valence-corrected chi connectivity index (χ2v) is 7.89. The SMILES string of the molecule is CCCCCCCCCCOC(=O)CCCCCCCCC(=O)OCCCC. The van der Waals surface area contributed by atoms with E-state index in [4.69, 9.17) is 9.47 Å². The largest absolute Gasteiger partial charge is 0.466 e. The molecule has 4 heteroatoms. The average molecular weight is 399 g/mol. The van der Waals surface area contributed by atoms with Gasteiger partial charge in [0.05, 0.1) is 13.2 Å². The van der Waals surface area contributed by atoms with E-state index >= 15 is 0 Å². The van der Waals surface area contributed by atoms with Crippen LogP contribution in [0.2, 0.25) is 0 Å². The van der Waals surface area contributed by atoms with Gasteiger partial charge in [0, 0.05) is 12.8 Å². The lowest BCUT2D eigenvalue weighted by atomic mass is 10.1. The number of rotatable bonds is 21. The molecule has 0 saturated carbocycles. The Balaban J connectivity index is 3.23. The van der Waals surface area contributed by atoms with Crippen LogP contribution in [0.25, 0.3) is 0 Å². The van der Waals surface area contributed by atoms with Gasteiger partial charge in [0.25, 0.3) is 0 Å². The number of hydrogen-bond donors (Lipinski definition) is 0. The van der Waals surface area contributed by atoms with Crippen molar-refractivity contribution in [1.29, 1.82) is 0 Å². The third-order valence-corrected chi connectivity index (χ3v) is 5.03. The van der Waals surface area contributed by atoms with E-state index in [0.29, 0.717) is 26.1 Å². The zero-order chi connectivity index (χ0) is 20.7. The fourth-order valence-corrected chi connectivity index (χ4v) is 3.14. The van der Waals surface area contributed by atoms with Gasteiger partial charge >= 0.3 is 11.9 Å². The summed E-state index contributed by atoms with van der Waals surface area (Å²) < 4.78 is 10.4. The second-order valence-electron chi connectivity index (χ2n) is 7.89. The minimum Gasteiger partial charge on any atom is -0.466 e. The Kier molecular flexibility index (Phi) is 21.4. The first kappa shape index (κ1) is 26.9. The van der Waals surface area contributed by atoms with Crippen LogP contribution in [0.15, 0.2) is 0 Å². The van der Waals surface area contributed by atoms with Crippen molar-refractivity contribution < 1.29 is 19.1 Å². The Morgan fingerprint density at radius 1 is 0.464 bits per heavy atom. The fraction of sp³-hybridized carbons (Fsp3) is 0.917. The highest BCUT2D eigenvalue weighted by atomic mass is 16.5. The zero-order valence-corrected chi connectivity index (χ0v) is 18.8. The van der Waals surface area contributed by atoms with E-state index in [1.165, 1.54) is 44.9 Å². The Morgan fingerprint density at radius 2 is 0.821 bits per heavy atom. The van der Waals surface area contributed by atoms with Gasteiger partial charge in [-0.05, 0) is 25.7 Å². The van der Waals surface area contributed by atoms with Crippen LogP contribution in [0.3, 0.4) is 0 Å². The molecular formula is C24H46O4. The summed E-state index contributed by atoms with van der Waals surface area (Å²) in [5.74, 6) is -0.106. The van der Waals surface area contributed by atoms with Crippen LogP contribution in [0, 0.1) is 0 Å². The topological polar surface area (TPSA) is 52.6 Å². The van der Waals surface area contributed by atoms with E-state index in [0.717, 1.165) is 57.8 Å². The molecule has 0 amide bonds. The van der Waals surface area contributed by atoms with E-state index in [1.54, 1.807) is 0 Å². The van der Waals surface area contributed by atoms with Crippen LogP contribution >= 0.6 is 0 Å². The van der Waals surface area contributed by atoms with E-state index in [2.05, 4.69) is 13.8 Å². The van der Waals surface area contributed by atoms with Gasteiger partial charge in [0.15, 0.2) is 0 Å². The number of carbonyl (C=O) groups excluding carboxylic acids is 2. The van der Waals surface area contributed by atoms with Crippen LogP contribution < -0.4 is 0 Å². The number of esters is 2. The van der Waals surface area contributed by atoms with Crippen molar-refractivity contribution in [3.63, 3.8) is 0 Å². The molecule has 0 rings (SSSR count). The zero-order valence-electron chi connectivity index (χ0n) is 18.8. The minimum atomic E-state index is -0.0623. The van der Waals surface area contributed by atoms with Crippen molar-refractivity contribution in [3.8, 4) is 0 Å². The van der Waals surface area contributed by atoms with Crippen molar-refractivity contribution in [3.05, 3.63) is 0 Å². The number of hydrogen-bond acceptors (Lipinski definition) is 4. The molecule has 0 spiro atoms. The molecule has 0 heterocycles. The molecule has 0 bridgehead atoms. The summed E-state index contributed by atoms with van der Waals surface area (Å²) in [6.45, 7) is 5.47. The molecule has 0 N–H and O–H groups in total. The van der Waals surface area contributed by atoms with E-state index in [9.17, 15) is 9.59 Å². The molecule has 0 aromatic heterocycles. The molecular weight excluding hydrogens is 352 g/mol. The van der Waals surface area contributed by atoms with Crippen LogP contribution in [0.4, 0.5) is 0 Å². The molecule has 166 valence electrons. The van der Waals surface area contributed by atoms with Gasteiger partial charge < -0.3 is 9.47 Å². The molecule has 28 heavy (non-hydrogen) atoms. The maximum absolute atomic E-state index is 11.7. The van der Waals surface area contributed by atoms with Gasteiger partial charge in [-0.3, -0.25) is 9.59 Å². The van der Waals surface area contributed by atoms with Gasteiger partial charge in [-0.15, -0.1) is 0 Å². The molecule has 0 aliphatic carbocycles. The summed E-state index contributed by atoms with van der Waals surface area (Å²) in [7, 11) is 0. The Labute approximate surface area is 174 Å². The molecule has 0 aromatic rings. The molecule has 0 unspecified atom stereocenters. The summed E-state index contributed by atoms with van der Waals surface area (Å²) in [6, 6.07) is 0. The monoisotopic (exact) mass is 398 g/mol. The first-order valence-corrected chi connectivity index (χ1v) is 12.0. The van der Waals surface area contributed by atoms with E-state index in [1.807, 2.05) is 0 Å². The molecule has 0 fully saturated rings. The van der Waals surface area contributed by atoms with Crippen molar-refractivity contribution >= 4 is 11.9 Å². The molecule has 4 nitrogen and oxygen atoms in total. The summed E-state index contributed by atoms with van der Waals surface area (Å²) in [4.78, 5) is 23.1. The highest BCUT2D eigenvalue weighted by molar-refractivity contribution is 5.69. The smallest absolute Gasteiger partial charge is 0.305 e. The minimum absolute atomic E-state index is 0.0437. The van der Waals surface area contributed by atoms with Crippen molar-refractivity contribution in [2.24, 2.45) is 0 Å². The molecule has 0 saturated heterocycles. The molecule has 0 aliphatic heterocycles. The lowest BCUT2D eigenvalue weighted by Gasteiger charge is -2.06. The van der Waals surface area contributed by atoms with Gasteiger partial charge in [0.1, 0.15) is 0 Å². The van der Waals surface area contributed by atoms with Gasteiger partial charge in [-0.1, -0.05) is 90.9 Å². The highest BCUT2D eigenvalue weighted by Gasteiger charge is 2.04. The maximum atomic E-state index is 11.7. The fourth-order valence-electron chi connectivity index (χ4n) is 3.14. The van der Waals surface area contributed by atoms with Crippen LogP contribution in [-0.2, 0) is 19.1 Å². The van der Waals surface area contributed by atoms with Crippen molar-refractivity contribution in [2.45, 2.75) is 129 Å². The second kappa shape index (κ2) is 22.2. The average Bonchev–Trinajstić information content (AvgIpc) is 2.69. The quantitative estimate of drug-likeness (QED) is 0.152. The van der Waals surface area contributed by atoms with E-state index in [-0.39, 0.29) is 11.9 Å². The lowest BCUT2D eigenvalue weighted by molar-refractivity contribution is -0.144. The van der Waals surface area contributed by atoms with Crippen molar-refractivity contribution in [1.82, 2.24) is 0 Å². The molecule has 0 aromatic carbocycles. The molecule has 0 atom stereocenters. The predicted molar refractivity (Wildman–Crippen MR) is 116 cm³/mol. The summed E-state index contributed by atoms with van der Waals surface area (Å²) in [5.41, 5.74) is 0. The number of unbranched alkanes of at least 4 members (excludes halogenated alkanes) is 13. The Morgan fingerprint density at radius 3 is 1.29 bits per heavy atom. The first-order chi connectivity index (χ1) is 13.7. The van der Waals surface area contributed by atoms with Gasteiger partial charge in [-0.2, -0.15) is 0 Å². The van der Waals surface area contributed by atoms with Crippen LogP contribution in [0.5, 0.6) is 0 Å². The molecule has 0 radical (unpaired) electrons. The summed E-state index contributed by atoms with van der Waals surface area (Å²) in [6.07, 6.45) is 19.4. The summed E-state index contributed by atoms with van der Waals surface area (Å²) >= 11 is 0. The first-order valence-electron chi connectivity index (χ1n) is 12.0. The predicted octanol–water partition coefficient (Wildman–Crippen LogP) is 7.13. The summed E-state index contributed by atoms with van der Waals surface area (Å²) in [5, 5.41) is 0. The van der Waals surface area contributed by atoms with Crippen molar-refractivity contribution in [2.75, 3.05) is 13.2 Å². The Hall–Kier alpha value is -1.06. The maximum Gasteiger partial charge on any atom is 0.305 e. The van der Waals surface area contributed by atoms with Crippen LogP contribution in [-0.4, -0.2) is 25.2 Å². The van der Waals surface area contributed by atoms with Crippen LogP contribution in [0.1, 0.15) is 129 Å².